The molecule has 2 saturated heterocycles. The summed E-state index contributed by atoms with van der Waals surface area (Å²) in [6.07, 6.45) is 2.70. The third kappa shape index (κ3) is 4.64. The van der Waals surface area contributed by atoms with Crippen molar-refractivity contribution in [1.29, 1.82) is 0 Å². The Bertz CT molecular complexity index is 440. The summed E-state index contributed by atoms with van der Waals surface area (Å²) in [5.74, 6) is -0.379. The van der Waals surface area contributed by atoms with Gasteiger partial charge < -0.3 is 10.1 Å². The van der Waals surface area contributed by atoms with Gasteiger partial charge in [0.15, 0.2) is 0 Å². The van der Waals surface area contributed by atoms with E-state index in [0.717, 1.165) is 25.9 Å². The van der Waals surface area contributed by atoms with Crippen molar-refractivity contribution in [3.63, 3.8) is 0 Å². The van der Waals surface area contributed by atoms with E-state index in [1.807, 2.05) is 0 Å². The van der Waals surface area contributed by atoms with E-state index in [0.29, 0.717) is 32.5 Å². The van der Waals surface area contributed by atoms with Crippen LogP contribution in [0.15, 0.2) is 0 Å². The number of piperidine rings is 2. The lowest BCUT2D eigenvalue weighted by molar-refractivity contribution is -0.149. The molecule has 2 fully saturated rings. The Morgan fingerprint density at radius 2 is 1.86 bits per heavy atom. The second-order valence-corrected chi connectivity index (χ2v) is 7.27. The Labute approximate surface area is 126 Å². The zero-order valence-corrected chi connectivity index (χ0v) is 13.3. The minimum atomic E-state index is -3.44. The predicted octanol–water partition coefficient (Wildman–Crippen LogP) is -0.152. The highest BCUT2D eigenvalue weighted by Gasteiger charge is 2.33. The lowest BCUT2D eigenvalue weighted by Crippen LogP contribution is -2.51. The number of carbonyl (C=O) groups is 1. The monoisotopic (exact) mass is 319 g/mol. The highest BCUT2D eigenvalue weighted by Crippen LogP contribution is 2.21. The number of hydrogen-bond acceptors (Lipinski definition) is 5. The topological polar surface area (TPSA) is 87.7 Å². The summed E-state index contributed by atoms with van der Waals surface area (Å²) in [5.41, 5.74) is 0. The van der Waals surface area contributed by atoms with Crippen LogP contribution in [0.1, 0.15) is 32.6 Å². The lowest BCUT2D eigenvalue weighted by Gasteiger charge is -2.32. The molecule has 0 unspecified atom stereocenters. The normalized spacial score (nSPS) is 23.1. The maximum Gasteiger partial charge on any atom is 0.309 e. The second kappa shape index (κ2) is 7.53. The molecule has 2 N–H and O–H groups in total. The van der Waals surface area contributed by atoms with Gasteiger partial charge in [-0.05, 0) is 45.7 Å². The third-order valence-electron chi connectivity index (χ3n) is 4.07. The maximum absolute atomic E-state index is 12.3. The van der Waals surface area contributed by atoms with Crippen molar-refractivity contribution in [1.82, 2.24) is 14.3 Å². The van der Waals surface area contributed by atoms with E-state index in [-0.39, 0.29) is 17.9 Å². The van der Waals surface area contributed by atoms with Gasteiger partial charge in [0.25, 0.3) is 10.2 Å². The van der Waals surface area contributed by atoms with Crippen LogP contribution in [0.25, 0.3) is 0 Å². The van der Waals surface area contributed by atoms with Gasteiger partial charge in [0, 0.05) is 19.1 Å². The van der Waals surface area contributed by atoms with Crippen molar-refractivity contribution >= 4 is 16.2 Å². The van der Waals surface area contributed by atoms with Crippen LogP contribution < -0.4 is 10.0 Å². The molecule has 2 aliphatic heterocycles. The fourth-order valence-corrected chi connectivity index (χ4v) is 4.31. The zero-order chi connectivity index (χ0) is 15.3. The van der Waals surface area contributed by atoms with Crippen LogP contribution in [0.2, 0.25) is 0 Å². The summed E-state index contributed by atoms with van der Waals surface area (Å²) in [7, 11) is -3.44. The summed E-state index contributed by atoms with van der Waals surface area (Å²) < 4.78 is 33.9. The zero-order valence-electron chi connectivity index (χ0n) is 12.5. The first-order valence-electron chi connectivity index (χ1n) is 7.67. The molecule has 0 bridgehead atoms. The first-order valence-corrected chi connectivity index (χ1v) is 9.11. The second-order valence-electron chi connectivity index (χ2n) is 5.57. The molecular weight excluding hydrogens is 294 g/mol. The van der Waals surface area contributed by atoms with E-state index in [4.69, 9.17) is 4.74 Å². The van der Waals surface area contributed by atoms with E-state index in [2.05, 4.69) is 10.0 Å². The maximum atomic E-state index is 12.3. The van der Waals surface area contributed by atoms with Crippen LogP contribution in [0, 0.1) is 5.92 Å². The van der Waals surface area contributed by atoms with E-state index in [9.17, 15) is 13.2 Å². The van der Waals surface area contributed by atoms with E-state index < -0.39 is 10.2 Å². The molecule has 2 heterocycles. The first kappa shape index (κ1) is 16.7. The fourth-order valence-electron chi connectivity index (χ4n) is 2.82. The Hall–Kier alpha value is -0.700. The first-order chi connectivity index (χ1) is 10.0. The molecule has 0 aromatic carbocycles. The summed E-state index contributed by atoms with van der Waals surface area (Å²) >= 11 is 0. The molecule has 0 saturated carbocycles. The van der Waals surface area contributed by atoms with Gasteiger partial charge in [-0.1, -0.05) is 0 Å². The summed E-state index contributed by atoms with van der Waals surface area (Å²) in [6, 6.07) is 0.0130. The number of nitrogens with one attached hydrogen (secondary N) is 2. The number of carbonyl (C=O) groups excluding carboxylic acids is 1. The Morgan fingerprint density at radius 3 is 2.43 bits per heavy atom. The van der Waals surface area contributed by atoms with E-state index in [1.165, 1.54) is 4.31 Å². The molecule has 0 aromatic rings. The molecule has 0 radical (unpaired) electrons. The van der Waals surface area contributed by atoms with Gasteiger partial charge in [0.1, 0.15) is 0 Å². The minimum Gasteiger partial charge on any atom is -0.466 e. The average molecular weight is 319 g/mol. The van der Waals surface area contributed by atoms with E-state index >= 15 is 0 Å². The van der Waals surface area contributed by atoms with Crippen molar-refractivity contribution in [2.75, 3.05) is 32.8 Å². The molecule has 7 nitrogen and oxygen atoms in total. The molecule has 21 heavy (non-hydrogen) atoms. The van der Waals surface area contributed by atoms with Gasteiger partial charge in [-0.25, -0.2) is 0 Å². The smallest absolute Gasteiger partial charge is 0.309 e. The summed E-state index contributed by atoms with van der Waals surface area (Å²) in [5, 5.41) is 3.21. The minimum absolute atomic E-state index is 0.0130. The van der Waals surface area contributed by atoms with Gasteiger partial charge in [-0.3, -0.25) is 4.79 Å². The van der Waals surface area contributed by atoms with Crippen LogP contribution in [0.3, 0.4) is 0 Å². The molecule has 2 rings (SSSR count). The van der Waals surface area contributed by atoms with Crippen LogP contribution in [-0.2, 0) is 19.7 Å². The Balaban J connectivity index is 1.84. The van der Waals surface area contributed by atoms with Crippen molar-refractivity contribution in [2.45, 2.75) is 38.6 Å². The van der Waals surface area contributed by atoms with Crippen molar-refractivity contribution in [3.8, 4) is 0 Å². The molecule has 2 aliphatic rings. The highest BCUT2D eigenvalue weighted by molar-refractivity contribution is 7.87. The van der Waals surface area contributed by atoms with Crippen molar-refractivity contribution in [2.24, 2.45) is 5.92 Å². The molecule has 0 aromatic heterocycles. The molecule has 0 aliphatic carbocycles. The molecule has 0 amide bonds. The highest BCUT2D eigenvalue weighted by atomic mass is 32.2. The predicted molar refractivity (Wildman–Crippen MR) is 78.9 cm³/mol. The average Bonchev–Trinajstić information content (AvgIpc) is 2.48. The van der Waals surface area contributed by atoms with Crippen LogP contribution >= 0.6 is 0 Å². The van der Waals surface area contributed by atoms with Crippen molar-refractivity contribution in [3.05, 3.63) is 0 Å². The van der Waals surface area contributed by atoms with Crippen LogP contribution in [0.4, 0.5) is 0 Å². The number of esters is 1. The molecule has 8 heteroatoms. The molecule has 122 valence electrons. The summed E-state index contributed by atoms with van der Waals surface area (Å²) in [6.45, 7) is 4.60. The van der Waals surface area contributed by atoms with Gasteiger partial charge in [0.05, 0.1) is 12.5 Å². The molecule has 0 spiro atoms. The van der Waals surface area contributed by atoms with Crippen LogP contribution in [0.5, 0.6) is 0 Å². The third-order valence-corrected chi connectivity index (χ3v) is 5.74. The number of ether oxygens (including phenoxy) is 1. The SMILES string of the molecule is CCOC(=O)C1CCN(S(=O)(=O)NC2CCNCC2)CC1. The number of rotatable bonds is 5. The standard InChI is InChI=1S/C13H25N3O4S/c1-2-20-13(17)11-5-9-16(10-6-11)21(18,19)15-12-3-7-14-8-4-12/h11-12,14-15H,2-10H2,1H3. The quantitative estimate of drug-likeness (QED) is 0.688. The van der Waals surface area contributed by atoms with E-state index in [1.54, 1.807) is 6.92 Å². The molecular formula is C13H25N3O4S. The van der Waals surface area contributed by atoms with Gasteiger partial charge in [-0.2, -0.15) is 17.4 Å². The largest absolute Gasteiger partial charge is 0.466 e. The number of hydrogen-bond donors (Lipinski definition) is 2. The molecule has 0 atom stereocenters. The fraction of sp³-hybridized carbons (Fsp3) is 0.923. The van der Waals surface area contributed by atoms with Crippen LogP contribution in [-0.4, -0.2) is 57.5 Å². The van der Waals surface area contributed by atoms with Crippen molar-refractivity contribution < 1.29 is 17.9 Å². The lowest BCUT2D eigenvalue weighted by atomic mass is 9.98. The van der Waals surface area contributed by atoms with Gasteiger partial charge in [-0.15, -0.1) is 0 Å². The van der Waals surface area contributed by atoms with Gasteiger partial charge >= 0.3 is 5.97 Å². The Morgan fingerprint density at radius 1 is 1.24 bits per heavy atom. The number of nitrogens with zero attached hydrogens (tertiary/aromatic N) is 1. The summed E-state index contributed by atoms with van der Waals surface area (Å²) in [4.78, 5) is 11.7. The van der Waals surface area contributed by atoms with Gasteiger partial charge in [0.2, 0.25) is 0 Å². The Kier molecular flexibility index (Phi) is 5.98.